The Morgan fingerprint density at radius 1 is 0.895 bits per heavy atom. The Kier molecular flexibility index (Phi) is 7.73. The summed E-state index contributed by atoms with van der Waals surface area (Å²) in [6.45, 7) is -0.162. The molecule has 0 spiro atoms. The van der Waals surface area contributed by atoms with Crippen LogP contribution in [0.5, 0.6) is 23.0 Å². The third-order valence-electron chi connectivity index (χ3n) is 5.04. The van der Waals surface area contributed by atoms with E-state index in [9.17, 15) is 25.0 Å². The van der Waals surface area contributed by atoms with Crippen LogP contribution in [0.1, 0.15) is 16.3 Å². The Hall–Kier alpha value is -5.10. The van der Waals surface area contributed by atoms with E-state index in [4.69, 9.17) is 30.2 Å². The van der Waals surface area contributed by atoms with E-state index in [1.807, 2.05) is 0 Å². The molecule has 0 saturated carbocycles. The highest BCUT2D eigenvalue weighted by Gasteiger charge is 2.17. The monoisotopic (exact) mass is 539 g/mol. The van der Waals surface area contributed by atoms with Gasteiger partial charge < -0.3 is 23.9 Å². The van der Waals surface area contributed by atoms with Gasteiger partial charge in [0.2, 0.25) is 0 Å². The molecule has 3 aromatic carbocycles. The van der Waals surface area contributed by atoms with Crippen molar-refractivity contribution in [2.24, 2.45) is 0 Å². The zero-order valence-electron chi connectivity index (χ0n) is 19.6. The molecule has 4 rings (SSSR count). The Morgan fingerprint density at radius 2 is 1.61 bits per heavy atom. The van der Waals surface area contributed by atoms with Crippen molar-refractivity contribution in [3.05, 3.63) is 110 Å². The zero-order chi connectivity index (χ0) is 27.2. The minimum absolute atomic E-state index is 0.0734. The van der Waals surface area contributed by atoms with Crippen molar-refractivity contribution >= 4 is 34.6 Å². The van der Waals surface area contributed by atoms with Crippen LogP contribution in [0.2, 0.25) is 5.02 Å². The first-order valence-corrected chi connectivity index (χ1v) is 11.2. The quantitative estimate of drug-likeness (QED) is 0.178. The van der Waals surface area contributed by atoms with Gasteiger partial charge in [-0.25, -0.2) is 0 Å². The van der Waals surface area contributed by atoms with Gasteiger partial charge in [-0.2, -0.15) is 0 Å². The number of carbonyl (C=O) groups excluding carboxylic acids is 1. The number of furan rings is 1. The average molecular weight is 540 g/mol. The van der Waals surface area contributed by atoms with Crippen molar-refractivity contribution in [1.82, 2.24) is 0 Å². The van der Waals surface area contributed by atoms with Gasteiger partial charge in [0.1, 0.15) is 35.4 Å². The van der Waals surface area contributed by atoms with Crippen LogP contribution in [-0.2, 0) is 6.61 Å². The molecule has 38 heavy (non-hydrogen) atoms. The third-order valence-corrected chi connectivity index (χ3v) is 5.35. The van der Waals surface area contributed by atoms with Crippen LogP contribution < -0.4 is 19.5 Å². The number of hydrogen-bond donors (Lipinski definition) is 1. The summed E-state index contributed by atoms with van der Waals surface area (Å²) in [6, 6.07) is 17.0. The molecule has 4 aromatic rings. The summed E-state index contributed by atoms with van der Waals surface area (Å²) >= 11 is 6.02. The summed E-state index contributed by atoms with van der Waals surface area (Å²) in [5.74, 6) is 0.675. The number of nitrogens with zero attached hydrogens (tertiary/aromatic N) is 2. The predicted molar refractivity (Wildman–Crippen MR) is 135 cm³/mol. The second-order valence-electron chi connectivity index (χ2n) is 7.63. The van der Waals surface area contributed by atoms with Gasteiger partial charge in [0.15, 0.2) is 5.76 Å². The van der Waals surface area contributed by atoms with Crippen LogP contribution >= 0.6 is 11.6 Å². The van der Waals surface area contributed by atoms with Crippen LogP contribution in [0.3, 0.4) is 0 Å². The molecule has 0 aliphatic carbocycles. The van der Waals surface area contributed by atoms with Gasteiger partial charge in [0.05, 0.1) is 39.8 Å². The standard InChI is InChI=1S/C25H18ClN3O9/c1-35-18-3-5-19(6-4-18)37-21-11-15(10-17(12-21)29(33)34)27-25(30)23-9-7-20(38-23)14-36-24-13-16(28(31)32)2-8-22(24)26/h2-13H,14H2,1H3,(H,27,30). The van der Waals surface area contributed by atoms with Gasteiger partial charge in [0.25, 0.3) is 17.3 Å². The highest BCUT2D eigenvalue weighted by Crippen LogP contribution is 2.32. The maximum Gasteiger partial charge on any atom is 0.291 e. The van der Waals surface area contributed by atoms with Crippen LogP contribution in [0.25, 0.3) is 0 Å². The fourth-order valence-corrected chi connectivity index (χ4v) is 3.41. The van der Waals surface area contributed by atoms with Gasteiger partial charge in [-0.05, 0) is 42.5 Å². The molecule has 0 saturated heterocycles. The Labute approximate surface area is 219 Å². The zero-order valence-corrected chi connectivity index (χ0v) is 20.3. The minimum Gasteiger partial charge on any atom is -0.497 e. The number of nitro groups is 2. The molecular weight excluding hydrogens is 522 g/mol. The molecule has 0 bridgehead atoms. The van der Waals surface area contributed by atoms with Crippen LogP contribution in [-0.4, -0.2) is 22.9 Å². The molecule has 194 valence electrons. The fraction of sp³-hybridized carbons (Fsp3) is 0.0800. The Morgan fingerprint density at radius 3 is 2.29 bits per heavy atom. The summed E-state index contributed by atoms with van der Waals surface area (Å²) in [4.78, 5) is 33.9. The minimum atomic E-state index is -0.680. The molecular formula is C25H18ClN3O9. The number of hydrogen-bond acceptors (Lipinski definition) is 9. The maximum absolute atomic E-state index is 12.7. The summed E-state index contributed by atoms with van der Waals surface area (Å²) in [7, 11) is 1.52. The Balaban J connectivity index is 1.45. The second-order valence-corrected chi connectivity index (χ2v) is 8.04. The first-order chi connectivity index (χ1) is 18.2. The number of benzene rings is 3. The molecule has 1 heterocycles. The van der Waals surface area contributed by atoms with Crippen molar-refractivity contribution in [2.45, 2.75) is 6.61 Å². The molecule has 1 N–H and O–H groups in total. The number of methoxy groups -OCH3 is 1. The van der Waals surface area contributed by atoms with Gasteiger partial charge in [-0.1, -0.05) is 11.6 Å². The fourth-order valence-electron chi connectivity index (χ4n) is 3.24. The molecule has 0 radical (unpaired) electrons. The van der Waals surface area contributed by atoms with E-state index < -0.39 is 15.8 Å². The number of ether oxygens (including phenoxy) is 3. The number of halogens is 1. The number of non-ortho nitro benzene ring substituents is 2. The lowest BCUT2D eigenvalue weighted by Crippen LogP contribution is -2.11. The summed E-state index contributed by atoms with van der Waals surface area (Å²) in [6.07, 6.45) is 0. The summed E-state index contributed by atoms with van der Waals surface area (Å²) in [5, 5.41) is 25.1. The van der Waals surface area contributed by atoms with E-state index in [1.54, 1.807) is 24.3 Å². The molecule has 0 unspecified atom stereocenters. The predicted octanol–water partition coefficient (Wildman–Crippen LogP) is 6.38. The lowest BCUT2D eigenvalue weighted by Gasteiger charge is -2.09. The number of rotatable bonds is 10. The van der Waals surface area contributed by atoms with E-state index in [2.05, 4.69) is 5.32 Å². The van der Waals surface area contributed by atoms with Crippen molar-refractivity contribution in [3.63, 3.8) is 0 Å². The molecule has 0 atom stereocenters. The topological polar surface area (TPSA) is 156 Å². The maximum atomic E-state index is 12.7. The molecule has 0 fully saturated rings. The van der Waals surface area contributed by atoms with Crippen LogP contribution in [0.15, 0.2) is 77.2 Å². The second kappa shape index (κ2) is 11.3. The van der Waals surface area contributed by atoms with Crippen molar-refractivity contribution in [1.29, 1.82) is 0 Å². The van der Waals surface area contributed by atoms with Crippen LogP contribution in [0, 0.1) is 20.2 Å². The highest BCUT2D eigenvalue weighted by atomic mass is 35.5. The van der Waals surface area contributed by atoms with Crippen molar-refractivity contribution in [2.75, 3.05) is 12.4 Å². The highest BCUT2D eigenvalue weighted by molar-refractivity contribution is 6.32. The van der Waals surface area contributed by atoms with E-state index in [0.717, 1.165) is 0 Å². The largest absolute Gasteiger partial charge is 0.497 e. The van der Waals surface area contributed by atoms with Gasteiger partial charge in [-0.3, -0.25) is 25.0 Å². The molecule has 12 nitrogen and oxygen atoms in total. The van der Waals surface area contributed by atoms with Gasteiger partial charge in [0, 0.05) is 18.2 Å². The smallest absolute Gasteiger partial charge is 0.291 e. The van der Waals surface area contributed by atoms with E-state index in [0.29, 0.717) is 11.5 Å². The third kappa shape index (κ3) is 6.36. The molecule has 13 heteroatoms. The number of amides is 1. The summed E-state index contributed by atoms with van der Waals surface area (Å²) < 4.78 is 21.8. The lowest BCUT2D eigenvalue weighted by molar-refractivity contribution is -0.385. The first kappa shape index (κ1) is 26.0. The first-order valence-electron chi connectivity index (χ1n) is 10.8. The van der Waals surface area contributed by atoms with E-state index in [-0.39, 0.29) is 51.7 Å². The van der Waals surface area contributed by atoms with Gasteiger partial charge in [-0.15, -0.1) is 0 Å². The number of nitrogens with one attached hydrogen (secondary N) is 1. The van der Waals surface area contributed by atoms with Crippen molar-refractivity contribution < 1.29 is 33.3 Å². The molecule has 1 aromatic heterocycles. The summed E-state index contributed by atoms with van der Waals surface area (Å²) in [5.41, 5.74) is -0.393. The van der Waals surface area contributed by atoms with Crippen molar-refractivity contribution in [3.8, 4) is 23.0 Å². The molecule has 0 aliphatic heterocycles. The Bertz CT molecular complexity index is 1500. The average Bonchev–Trinajstić information content (AvgIpc) is 3.37. The van der Waals surface area contributed by atoms with Crippen LogP contribution in [0.4, 0.5) is 17.1 Å². The van der Waals surface area contributed by atoms with Gasteiger partial charge >= 0.3 is 0 Å². The molecule has 1 amide bonds. The SMILES string of the molecule is COc1ccc(Oc2cc(NC(=O)c3ccc(COc4cc([N+](=O)[O-])ccc4Cl)o3)cc([N+](=O)[O-])c2)cc1. The number of anilines is 1. The van der Waals surface area contributed by atoms with E-state index >= 15 is 0 Å². The molecule has 0 aliphatic rings. The normalized spacial score (nSPS) is 10.5. The number of carbonyl (C=O) groups is 1. The van der Waals surface area contributed by atoms with E-state index in [1.165, 1.54) is 55.6 Å². The lowest BCUT2D eigenvalue weighted by atomic mass is 10.2. The number of nitro benzene ring substituents is 2.